The van der Waals surface area contributed by atoms with E-state index in [1.807, 2.05) is 0 Å². The number of carbonyl (C=O) groups is 1. The van der Waals surface area contributed by atoms with Crippen molar-refractivity contribution in [3.63, 3.8) is 0 Å². The molecule has 0 spiro atoms. The van der Waals surface area contributed by atoms with Crippen molar-refractivity contribution in [3.05, 3.63) is 30.4 Å². The van der Waals surface area contributed by atoms with Crippen molar-refractivity contribution in [3.8, 4) is 11.4 Å². The maximum absolute atomic E-state index is 11.4. The Morgan fingerprint density at radius 1 is 1.53 bits per heavy atom. The molecule has 0 bridgehead atoms. The molecule has 7 heteroatoms. The van der Waals surface area contributed by atoms with Crippen LogP contribution in [0.4, 0.5) is 0 Å². The van der Waals surface area contributed by atoms with Gasteiger partial charge < -0.3 is 14.9 Å². The predicted molar refractivity (Wildman–Crippen MR) is 56.9 cm³/mol. The summed E-state index contributed by atoms with van der Waals surface area (Å²) in [6.07, 6.45) is 3.19. The Hall–Kier alpha value is -2.28. The Bertz CT molecular complexity index is 497. The summed E-state index contributed by atoms with van der Waals surface area (Å²) >= 11 is 0. The number of aromatic nitrogens is 3. The topological polar surface area (TPSA) is 101 Å². The van der Waals surface area contributed by atoms with Gasteiger partial charge in [-0.3, -0.25) is 9.78 Å². The summed E-state index contributed by atoms with van der Waals surface area (Å²) in [6, 6.07) is 3.49. The van der Waals surface area contributed by atoms with Gasteiger partial charge in [0.2, 0.25) is 5.82 Å². The molecule has 2 aromatic rings. The monoisotopic (exact) mass is 234 g/mol. The minimum Gasteiger partial charge on any atom is -0.395 e. The van der Waals surface area contributed by atoms with Crippen molar-refractivity contribution in [1.29, 1.82) is 0 Å². The smallest absolute Gasteiger partial charge is 0.316 e. The molecule has 2 aromatic heterocycles. The van der Waals surface area contributed by atoms with Crippen LogP contribution in [0.5, 0.6) is 0 Å². The lowest BCUT2D eigenvalue weighted by Crippen LogP contribution is -2.26. The molecule has 0 aliphatic carbocycles. The number of amides is 1. The largest absolute Gasteiger partial charge is 0.395 e. The number of nitrogens with one attached hydrogen (secondary N) is 1. The predicted octanol–water partition coefficient (Wildman–Crippen LogP) is -0.146. The normalized spacial score (nSPS) is 10.2. The van der Waals surface area contributed by atoms with Gasteiger partial charge in [-0.2, -0.15) is 4.98 Å². The van der Waals surface area contributed by atoms with Crippen LogP contribution in [-0.4, -0.2) is 39.3 Å². The van der Waals surface area contributed by atoms with E-state index in [1.165, 1.54) is 0 Å². The van der Waals surface area contributed by atoms with Crippen LogP contribution in [0.2, 0.25) is 0 Å². The molecule has 2 N–H and O–H groups in total. The number of hydrogen-bond donors (Lipinski definition) is 2. The van der Waals surface area contributed by atoms with Crippen LogP contribution in [0.3, 0.4) is 0 Å². The molecule has 7 nitrogen and oxygen atoms in total. The van der Waals surface area contributed by atoms with Crippen LogP contribution < -0.4 is 5.32 Å². The van der Waals surface area contributed by atoms with Crippen LogP contribution in [0.15, 0.2) is 29.0 Å². The molecule has 17 heavy (non-hydrogen) atoms. The maximum atomic E-state index is 11.4. The molecule has 2 heterocycles. The summed E-state index contributed by atoms with van der Waals surface area (Å²) < 4.78 is 4.80. The van der Waals surface area contributed by atoms with Crippen molar-refractivity contribution in [2.24, 2.45) is 0 Å². The fourth-order valence-electron chi connectivity index (χ4n) is 1.17. The van der Waals surface area contributed by atoms with Gasteiger partial charge >= 0.3 is 11.8 Å². The minimum atomic E-state index is -0.512. The molecule has 1 amide bonds. The van der Waals surface area contributed by atoms with Crippen molar-refractivity contribution in [2.75, 3.05) is 13.2 Å². The highest BCUT2D eigenvalue weighted by molar-refractivity contribution is 5.89. The van der Waals surface area contributed by atoms with Gasteiger partial charge in [0.15, 0.2) is 0 Å². The van der Waals surface area contributed by atoms with Crippen molar-refractivity contribution < 1.29 is 14.4 Å². The second-order valence-electron chi connectivity index (χ2n) is 3.14. The highest BCUT2D eigenvalue weighted by atomic mass is 16.5. The van der Waals surface area contributed by atoms with Crippen LogP contribution in [0.1, 0.15) is 10.7 Å². The van der Waals surface area contributed by atoms with Crippen LogP contribution in [-0.2, 0) is 0 Å². The van der Waals surface area contributed by atoms with Crippen molar-refractivity contribution >= 4 is 5.91 Å². The van der Waals surface area contributed by atoms with E-state index in [-0.39, 0.29) is 19.0 Å². The van der Waals surface area contributed by atoms with E-state index in [2.05, 4.69) is 20.4 Å². The zero-order chi connectivity index (χ0) is 12.1. The lowest BCUT2D eigenvalue weighted by Gasteiger charge is -1.96. The second kappa shape index (κ2) is 5.17. The SMILES string of the molecule is O=C(NCCO)c1nc(-c2cccnc2)no1. The molecule has 88 valence electrons. The van der Waals surface area contributed by atoms with Gasteiger partial charge in [0.05, 0.1) is 6.61 Å². The molecule has 0 aliphatic rings. The Kier molecular flexibility index (Phi) is 3.41. The zero-order valence-electron chi connectivity index (χ0n) is 8.83. The van der Waals surface area contributed by atoms with E-state index < -0.39 is 5.91 Å². The third-order valence-electron chi connectivity index (χ3n) is 1.94. The molecule has 0 saturated heterocycles. The summed E-state index contributed by atoms with van der Waals surface area (Å²) in [5, 5.41) is 14.6. The molecule has 0 aromatic carbocycles. The number of aliphatic hydroxyl groups excluding tert-OH is 1. The Morgan fingerprint density at radius 3 is 3.12 bits per heavy atom. The third kappa shape index (κ3) is 2.64. The van der Waals surface area contributed by atoms with Gasteiger partial charge in [-0.1, -0.05) is 5.16 Å². The average Bonchev–Trinajstić information content (AvgIpc) is 2.86. The molecule has 0 atom stereocenters. The molecule has 0 saturated carbocycles. The number of nitrogens with zero attached hydrogens (tertiary/aromatic N) is 3. The first-order chi connectivity index (χ1) is 8.31. The molecule has 0 unspecified atom stereocenters. The summed E-state index contributed by atoms with van der Waals surface area (Å²) in [5.41, 5.74) is 0.664. The lowest BCUT2D eigenvalue weighted by molar-refractivity contribution is 0.0901. The van der Waals surface area contributed by atoms with Crippen LogP contribution >= 0.6 is 0 Å². The number of pyridine rings is 1. The first-order valence-electron chi connectivity index (χ1n) is 4.94. The number of hydrogen-bond acceptors (Lipinski definition) is 6. The van der Waals surface area contributed by atoms with Crippen molar-refractivity contribution in [2.45, 2.75) is 0 Å². The minimum absolute atomic E-state index is 0.141. The van der Waals surface area contributed by atoms with E-state index >= 15 is 0 Å². The zero-order valence-corrected chi connectivity index (χ0v) is 8.83. The quantitative estimate of drug-likeness (QED) is 0.763. The van der Waals surface area contributed by atoms with E-state index in [0.29, 0.717) is 11.4 Å². The molecular weight excluding hydrogens is 224 g/mol. The first kappa shape index (κ1) is 11.2. The summed E-state index contributed by atoms with van der Waals surface area (Å²) in [5.74, 6) is -0.355. The number of carbonyl (C=O) groups excluding carboxylic acids is 1. The molecule has 0 fully saturated rings. The van der Waals surface area contributed by atoms with Gasteiger partial charge in [-0.15, -0.1) is 0 Å². The fraction of sp³-hybridized carbons (Fsp3) is 0.200. The standard InChI is InChI=1S/C10H10N4O3/c15-5-4-12-9(16)10-13-8(14-17-10)7-2-1-3-11-6-7/h1-3,6,15H,4-5H2,(H,12,16). The molecule has 2 rings (SSSR count). The molecule has 0 radical (unpaired) electrons. The molecular formula is C10H10N4O3. The molecule has 0 aliphatic heterocycles. The summed E-state index contributed by atoms with van der Waals surface area (Å²) in [7, 11) is 0. The highest BCUT2D eigenvalue weighted by Crippen LogP contribution is 2.13. The Balaban J connectivity index is 2.14. The van der Waals surface area contributed by atoms with Gasteiger partial charge in [0.1, 0.15) is 0 Å². The van der Waals surface area contributed by atoms with E-state index in [1.54, 1.807) is 24.5 Å². The summed E-state index contributed by atoms with van der Waals surface area (Å²) in [6.45, 7) is -0.00121. The lowest BCUT2D eigenvalue weighted by atomic mass is 10.3. The summed E-state index contributed by atoms with van der Waals surface area (Å²) in [4.78, 5) is 19.2. The van der Waals surface area contributed by atoms with E-state index in [9.17, 15) is 4.79 Å². The Labute approximate surface area is 96.5 Å². The van der Waals surface area contributed by atoms with Gasteiger partial charge in [-0.05, 0) is 12.1 Å². The number of aliphatic hydroxyl groups is 1. The number of rotatable bonds is 4. The van der Waals surface area contributed by atoms with Gasteiger partial charge in [0.25, 0.3) is 0 Å². The van der Waals surface area contributed by atoms with Crippen molar-refractivity contribution in [1.82, 2.24) is 20.4 Å². The van der Waals surface area contributed by atoms with Gasteiger partial charge in [0, 0.05) is 24.5 Å². The van der Waals surface area contributed by atoms with E-state index in [4.69, 9.17) is 9.63 Å². The maximum Gasteiger partial charge on any atom is 0.316 e. The van der Waals surface area contributed by atoms with Crippen LogP contribution in [0, 0.1) is 0 Å². The van der Waals surface area contributed by atoms with Gasteiger partial charge in [-0.25, -0.2) is 0 Å². The second-order valence-corrected chi connectivity index (χ2v) is 3.14. The highest BCUT2D eigenvalue weighted by Gasteiger charge is 2.15. The third-order valence-corrected chi connectivity index (χ3v) is 1.94. The average molecular weight is 234 g/mol. The fourth-order valence-corrected chi connectivity index (χ4v) is 1.17. The first-order valence-corrected chi connectivity index (χ1v) is 4.94. The van der Waals surface area contributed by atoms with Crippen LogP contribution in [0.25, 0.3) is 11.4 Å². The van der Waals surface area contributed by atoms with E-state index in [0.717, 1.165) is 0 Å². The Morgan fingerprint density at radius 2 is 2.41 bits per heavy atom.